The first-order valence-electron chi connectivity index (χ1n) is 10.0. The van der Waals surface area contributed by atoms with Gasteiger partial charge in [0.05, 0.1) is 11.7 Å². The van der Waals surface area contributed by atoms with Gasteiger partial charge in [-0.3, -0.25) is 4.90 Å². The number of fused-ring (bicyclic) bond motifs is 1. The Labute approximate surface area is 193 Å². The highest BCUT2D eigenvalue weighted by molar-refractivity contribution is 6.30. The van der Waals surface area contributed by atoms with Crippen molar-refractivity contribution in [2.45, 2.75) is 19.1 Å². The van der Waals surface area contributed by atoms with E-state index in [4.69, 9.17) is 26.2 Å². The predicted octanol–water partition coefficient (Wildman–Crippen LogP) is 4.02. The monoisotopic (exact) mass is 471 g/mol. The second-order valence-electron chi connectivity index (χ2n) is 7.31. The van der Waals surface area contributed by atoms with E-state index in [9.17, 15) is 14.0 Å². The fourth-order valence-electron chi connectivity index (χ4n) is 3.75. The largest absolute Gasteiger partial charge is 0.482 e. The van der Waals surface area contributed by atoms with Crippen molar-refractivity contribution in [3.63, 3.8) is 0 Å². The average molecular weight is 472 g/mol. The van der Waals surface area contributed by atoms with Crippen molar-refractivity contribution >= 4 is 23.7 Å². The molecule has 1 amide bonds. The van der Waals surface area contributed by atoms with Crippen LogP contribution in [0, 0.1) is 5.82 Å². The van der Waals surface area contributed by atoms with Gasteiger partial charge >= 0.3 is 12.1 Å². The number of amides is 1. The Balaban J connectivity index is 1.72. The third kappa shape index (κ3) is 5.20. The smallest absolute Gasteiger partial charge is 0.410 e. The molecule has 4 rings (SSSR count). The van der Waals surface area contributed by atoms with Crippen LogP contribution in [-0.2, 0) is 22.6 Å². The number of nitrogens with zero attached hydrogens (tertiary/aromatic N) is 3. The summed E-state index contributed by atoms with van der Waals surface area (Å²) in [4.78, 5) is 33.5. The average Bonchev–Trinajstić information content (AvgIpc) is 2.81. The van der Waals surface area contributed by atoms with Crippen LogP contribution >= 0.6 is 11.6 Å². The first-order chi connectivity index (χ1) is 15.9. The van der Waals surface area contributed by atoms with E-state index in [-0.39, 0.29) is 24.7 Å². The van der Waals surface area contributed by atoms with Gasteiger partial charge in [0.1, 0.15) is 24.5 Å². The molecule has 3 aromatic rings. The quantitative estimate of drug-likeness (QED) is 0.579. The van der Waals surface area contributed by atoms with Crippen molar-refractivity contribution in [2.24, 2.45) is 0 Å². The number of carbonyl (C=O) groups excluding carboxylic acids is 1. The molecular formula is C23H19ClFN3O5. The van der Waals surface area contributed by atoms with Crippen LogP contribution in [0.5, 0.6) is 5.75 Å². The summed E-state index contributed by atoms with van der Waals surface area (Å²) in [7, 11) is 0. The van der Waals surface area contributed by atoms with E-state index in [0.29, 0.717) is 28.3 Å². The summed E-state index contributed by atoms with van der Waals surface area (Å²) >= 11 is 6.24. The molecular weight excluding hydrogens is 453 g/mol. The van der Waals surface area contributed by atoms with Gasteiger partial charge in [0.25, 0.3) is 0 Å². The number of carboxylic acid groups (broad SMARTS) is 1. The van der Waals surface area contributed by atoms with E-state index < -0.39 is 24.7 Å². The highest BCUT2D eigenvalue weighted by Gasteiger charge is 2.35. The number of hydrogen-bond donors (Lipinski definition) is 1. The Bertz CT molecular complexity index is 1180. The highest BCUT2D eigenvalue weighted by atomic mass is 35.5. The molecule has 1 N–H and O–H groups in total. The van der Waals surface area contributed by atoms with E-state index >= 15 is 0 Å². The van der Waals surface area contributed by atoms with Gasteiger partial charge in [-0.2, -0.15) is 0 Å². The number of hydrogen-bond acceptors (Lipinski definition) is 6. The number of carbonyl (C=O) groups is 2. The van der Waals surface area contributed by atoms with Crippen LogP contribution in [0.2, 0.25) is 5.02 Å². The molecule has 1 atom stereocenters. The normalized spacial score (nSPS) is 15.0. The van der Waals surface area contributed by atoms with Gasteiger partial charge in [0, 0.05) is 23.3 Å². The van der Waals surface area contributed by atoms with Crippen LogP contribution in [0.25, 0.3) is 0 Å². The van der Waals surface area contributed by atoms with Crippen LogP contribution < -0.4 is 4.74 Å². The zero-order valence-corrected chi connectivity index (χ0v) is 18.0. The molecule has 0 radical (unpaired) electrons. The lowest BCUT2D eigenvalue weighted by molar-refractivity contribution is -0.139. The van der Waals surface area contributed by atoms with Gasteiger partial charge in [0.15, 0.2) is 6.61 Å². The molecule has 170 valence electrons. The van der Waals surface area contributed by atoms with Gasteiger partial charge in [-0.1, -0.05) is 17.7 Å². The van der Waals surface area contributed by atoms with Crippen molar-refractivity contribution in [1.82, 2.24) is 14.9 Å². The van der Waals surface area contributed by atoms with Gasteiger partial charge in [0.2, 0.25) is 0 Å². The van der Waals surface area contributed by atoms with Crippen molar-refractivity contribution < 1.29 is 28.6 Å². The third-order valence-corrected chi connectivity index (χ3v) is 5.41. The maximum absolute atomic E-state index is 13.9. The number of halogens is 2. The number of aromatic nitrogens is 2. The molecule has 0 spiro atoms. The first-order valence-corrected chi connectivity index (χ1v) is 10.4. The Kier molecular flexibility index (Phi) is 6.69. The third-order valence-electron chi connectivity index (χ3n) is 5.17. The second-order valence-corrected chi connectivity index (χ2v) is 7.75. The zero-order chi connectivity index (χ0) is 23.4. The lowest BCUT2D eigenvalue weighted by Gasteiger charge is -2.37. The Hall–Kier alpha value is -3.72. The minimum absolute atomic E-state index is 0.0568. The summed E-state index contributed by atoms with van der Waals surface area (Å²) < 4.78 is 24.9. The first kappa shape index (κ1) is 22.5. The van der Waals surface area contributed by atoms with Crippen LogP contribution in [0.1, 0.15) is 28.4 Å². The molecule has 1 aliphatic rings. The van der Waals surface area contributed by atoms with Gasteiger partial charge < -0.3 is 14.6 Å². The van der Waals surface area contributed by atoms with Crippen LogP contribution in [-0.4, -0.2) is 45.2 Å². The van der Waals surface area contributed by atoms with Gasteiger partial charge in [-0.25, -0.2) is 23.9 Å². The molecule has 0 fully saturated rings. The number of ether oxygens (including phenoxy) is 2. The maximum Gasteiger partial charge on any atom is 0.410 e. The second kappa shape index (κ2) is 9.83. The van der Waals surface area contributed by atoms with Crippen LogP contribution in [0.15, 0.2) is 55.0 Å². The molecule has 1 aliphatic heterocycles. The van der Waals surface area contributed by atoms with Gasteiger partial charge in [-0.05, 0) is 53.9 Å². The Morgan fingerprint density at radius 2 is 2.03 bits per heavy atom. The molecule has 2 aromatic carbocycles. The molecule has 1 aromatic heterocycles. The highest BCUT2D eigenvalue weighted by Crippen LogP contribution is 2.41. The Morgan fingerprint density at radius 1 is 1.18 bits per heavy atom. The fourth-order valence-corrected chi connectivity index (χ4v) is 3.93. The molecule has 10 heteroatoms. The molecule has 2 heterocycles. The predicted molar refractivity (Wildman–Crippen MR) is 115 cm³/mol. The van der Waals surface area contributed by atoms with Crippen molar-refractivity contribution in [3.8, 4) is 5.75 Å². The van der Waals surface area contributed by atoms with Crippen LogP contribution in [0.3, 0.4) is 0 Å². The lowest BCUT2D eigenvalue weighted by Crippen LogP contribution is -2.41. The number of benzene rings is 2. The zero-order valence-electron chi connectivity index (χ0n) is 17.3. The van der Waals surface area contributed by atoms with Crippen molar-refractivity contribution in [1.29, 1.82) is 0 Å². The molecule has 8 nitrogen and oxygen atoms in total. The van der Waals surface area contributed by atoms with Crippen LogP contribution in [0.4, 0.5) is 9.18 Å². The Morgan fingerprint density at radius 3 is 2.79 bits per heavy atom. The lowest BCUT2D eigenvalue weighted by atomic mass is 9.88. The molecule has 0 aliphatic carbocycles. The summed E-state index contributed by atoms with van der Waals surface area (Å²) in [6.07, 6.45) is 2.70. The van der Waals surface area contributed by atoms with E-state index in [1.54, 1.807) is 36.5 Å². The number of aliphatic carboxylic acids is 1. The van der Waals surface area contributed by atoms with E-state index in [1.165, 1.54) is 23.4 Å². The fraction of sp³-hybridized carbons (Fsp3) is 0.217. The topological polar surface area (TPSA) is 102 Å². The summed E-state index contributed by atoms with van der Waals surface area (Å²) in [6, 6.07) is 9.95. The molecule has 0 saturated carbocycles. The van der Waals surface area contributed by atoms with Crippen molar-refractivity contribution in [2.75, 3.05) is 13.2 Å². The van der Waals surface area contributed by atoms with E-state index in [0.717, 1.165) is 5.56 Å². The summed E-state index contributed by atoms with van der Waals surface area (Å²) in [6.45, 7) is -0.386. The standard InChI is InChI=1S/C23H19ClFN3O5/c24-15-1-4-20(32-12-21(29)30)19(10-15)22-18-3-2-16(25)9-14(18)6-8-28(22)23(31)33-11-17-5-7-26-13-27-17/h1-5,7,9-10,13,22H,6,8,11-12H2,(H,29,30). The maximum atomic E-state index is 13.9. The van der Waals surface area contributed by atoms with Crippen molar-refractivity contribution in [3.05, 3.63) is 88.2 Å². The minimum atomic E-state index is -1.15. The van der Waals surface area contributed by atoms with Gasteiger partial charge in [-0.15, -0.1) is 0 Å². The molecule has 33 heavy (non-hydrogen) atoms. The molecule has 0 bridgehead atoms. The van der Waals surface area contributed by atoms with E-state index in [2.05, 4.69) is 9.97 Å². The SMILES string of the molecule is O=C(O)COc1ccc(Cl)cc1C1c2ccc(F)cc2CCN1C(=O)OCc1ccncn1. The number of carboxylic acids is 1. The molecule has 1 unspecified atom stereocenters. The van der Waals surface area contributed by atoms with E-state index in [1.807, 2.05) is 0 Å². The summed E-state index contributed by atoms with van der Waals surface area (Å²) in [5.41, 5.74) is 2.39. The summed E-state index contributed by atoms with van der Waals surface area (Å²) in [5, 5.41) is 9.42. The minimum Gasteiger partial charge on any atom is -0.482 e. The summed E-state index contributed by atoms with van der Waals surface area (Å²) in [5.74, 6) is -1.29. The number of rotatable bonds is 6. The molecule has 0 saturated heterocycles.